The minimum atomic E-state index is -2.62. The molecule has 1 saturated heterocycles. The van der Waals surface area contributed by atoms with Crippen molar-refractivity contribution >= 4 is 23.1 Å². The molecule has 0 radical (unpaired) electrons. The van der Waals surface area contributed by atoms with Gasteiger partial charge in [0.1, 0.15) is 0 Å². The van der Waals surface area contributed by atoms with Crippen molar-refractivity contribution in [2.75, 3.05) is 37.6 Å². The lowest BCUT2D eigenvalue weighted by Gasteiger charge is -2.49. The molecule has 8 rings (SSSR count). The number of benzene rings is 1. The van der Waals surface area contributed by atoms with Crippen LogP contribution in [0.5, 0.6) is 0 Å². The Balaban J connectivity index is 1.11. The van der Waals surface area contributed by atoms with Gasteiger partial charge in [0.2, 0.25) is 17.4 Å². The van der Waals surface area contributed by atoms with Crippen LogP contribution in [-0.2, 0) is 18.3 Å². The van der Waals surface area contributed by atoms with E-state index in [0.29, 0.717) is 36.2 Å². The Labute approximate surface area is 270 Å². The van der Waals surface area contributed by atoms with Gasteiger partial charge in [-0.2, -0.15) is 5.10 Å². The second kappa shape index (κ2) is 11.7. The highest BCUT2D eigenvalue weighted by Crippen LogP contribution is 2.47. The summed E-state index contributed by atoms with van der Waals surface area (Å²) in [7, 11) is 1.80. The van der Waals surface area contributed by atoms with E-state index in [1.165, 1.54) is 63.0 Å². The highest BCUT2D eigenvalue weighted by atomic mass is 19.3. The molecule has 244 valence electrons. The summed E-state index contributed by atoms with van der Waals surface area (Å²) in [6, 6.07) is 3.63. The number of nitrogens with one attached hydrogen (secondary N) is 1. The van der Waals surface area contributed by atoms with Crippen LogP contribution in [0.4, 0.5) is 14.5 Å². The maximum Gasteiger partial charge on any atom is 0.264 e. The van der Waals surface area contributed by atoms with E-state index < -0.39 is 6.43 Å². The molecule has 0 atom stereocenters. The summed E-state index contributed by atoms with van der Waals surface area (Å²) in [6.07, 6.45) is 13.4. The van der Waals surface area contributed by atoms with Gasteiger partial charge in [-0.15, -0.1) is 0 Å². The van der Waals surface area contributed by atoms with Crippen LogP contribution in [-0.4, -0.2) is 69.5 Å². The van der Waals surface area contributed by atoms with E-state index >= 15 is 0 Å². The van der Waals surface area contributed by atoms with E-state index in [1.807, 2.05) is 11.0 Å². The Kier molecular flexibility index (Phi) is 7.61. The number of amidine groups is 1. The first-order chi connectivity index (χ1) is 22.3. The van der Waals surface area contributed by atoms with Crippen LogP contribution >= 0.6 is 0 Å². The Morgan fingerprint density at radius 3 is 2.46 bits per heavy atom. The number of hydrazone groups is 1. The normalized spacial score (nSPS) is 24.8. The Bertz CT molecular complexity index is 1630. The molecule has 3 fully saturated rings. The van der Waals surface area contributed by atoms with Gasteiger partial charge in [0.25, 0.3) is 6.43 Å². The molecule has 1 aromatic carbocycles. The molecule has 1 aromatic heterocycles. The van der Waals surface area contributed by atoms with Crippen LogP contribution in [0, 0.1) is 17.3 Å². The van der Waals surface area contributed by atoms with Crippen molar-refractivity contribution < 1.29 is 18.3 Å². The molecule has 2 aromatic rings. The number of amides is 1. The number of halogens is 2. The first kappa shape index (κ1) is 30.0. The van der Waals surface area contributed by atoms with E-state index in [9.17, 15) is 13.6 Å². The molecule has 1 N–H and O–H groups in total. The molecule has 6 aliphatic rings. The number of aromatic nitrogens is 2. The minimum Gasteiger partial charge on any atom is -0.338 e. The first-order valence-corrected chi connectivity index (χ1v) is 17.4. The fraction of sp³-hybridized carbons (Fsp3) is 0.611. The van der Waals surface area contributed by atoms with E-state index in [4.69, 9.17) is 5.10 Å². The van der Waals surface area contributed by atoms with Gasteiger partial charge in [0.15, 0.2) is 5.71 Å². The number of alkyl halides is 2. The number of hydrogen-bond donors (Lipinski definition) is 1. The fourth-order valence-corrected chi connectivity index (χ4v) is 9.22. The van der Waals surface area contributed by atoms with Gasteiger partial charge in [-0.25, -0.2) is 8.78 Å². The molecule has 2 aliphatic carbocycles. The topological polar surface area (TPSA) is 68.8 Å². The number of hydrogen-bond acceptors (Lipinski definition) is 5. The molecule has 10 heteroatoms. The van der Waals surface area contributed by atoms with Crippen LogP contribution in [0.25, 0.3) is 11.1 Å². The molecular formula is C36H46F2N7O+. The smallest absolute Gasteiger partial charge is 0.264 e. The van der Waals surface area contributed by atoms with E-state index in [1.54, 1.807) is 37.1 Å². The highest BCUT2D eigenvalue weighted by molar-refractivity contribution is 6.12. The number of nitrogens with zero attached hydrogens (tertiary/aromatic N) is 6. The van der Waals surface area contributed by atoms with Crippen molar-refractivity contribution in [2.24, 2.45) is 29.4 Å². The maximum absolute atomic E-state index is 14.6. The lowest BCUT2D eigenvalue weighted by atomic mass is 9.63. The summed E-state index contributed by atoms with van der Waals surface area (Å²) in [5.74, 6) is 2.54. The third kappa shape index (κ3) is 5.20. The van der Waals surface area contributed by atoms with Crippen LogP contribution < -0.4 is 10.2 Å². The van der Waals surface area contributed by atoms with Crippen LogP contribution in [0.1, 0.15) is 88.7 Å². The molecule has 4 aliphatic heterocycles. The van der Waals surface area contributed by atoms with Crippen LogP contribution in [0.15, 0.2) is 40.9 Å². The maximum atomic E-state index is 14.6. The zero-order valence-corrected chi connectivity index (χ0v) is 27.2. The van der Waals surface area contributed by atoms with Gasteiger partial charge < -0.3 is 15.1 Å². The molecule has 1 spiro atoms. The third-order valence-electron chi connectivity index (χ3n) is 12.0. The van der Waals surface area contributed by atoms with Gasteiger partial charge in [-0.1, -0.05) is 4.68 Å². The molecule has 5 heterocycles. The van der Waals surface area contributed by atoms with Gasteiger partial charge >= 0.3 is 0 Å². The molecule has 8 nitrogen and oxygen atoms in total. The van der Waals surface area contributed by atoms with Gasteiger partial charge in [0.05, 0.1) is 24.7 Å². The van der Waals surface area contributed by atoms with Crippen molar-refractivity contribution in [3.8, 4) is 11.1 Å². The number of aryl methyl sites for hydroxylation is 2. The highest BCUT2D eigenvalue weighted by Gasteiger charge is 2.45. The Morgan fingerprint density at radius 1 is 1.04 bits per heavy atom. The second-order valence-corrected chi connectivity index (χ2v) is 14.7. The largest absolute Gasteiger partial charge is 0.338 e. The monoisotopic (exact) mass is 630 g/mol. The minimum absolute atomic E-state index is 0.0206. The lowest BCUT2D eigenvalue weighted by Crippen LogP contribution is -2.55. The third-order valence-corrected chi connectivity index (χ3v) is 12.0. The molecule has 0 unspecified atom stereocenters. The molecule has 1 amide bonds. The quantitative estimate of drug-likeness (QED) is 0.421. The predicted octanol–water partition coefficient (Wildman–Crippen LogP) is 6.03. The molecule has 0 bridgehead atoms. The van der Waals surface area contributed by atoms with Crippen LogP contribution in [0.3, 0.4) is 0 Å². The summed E-state index contributed by atoms with van der Waals surface area (Å²) >= 11 is 0. The van der Waals surface area contributed by atoms with Crippen molar-refractivity contribution in [3.05, 3.63) is 46.9 Å². The van der Waals surface area contributed by atoms with Crippen LogP contribution in [0.2, 0.25) is 0 Å². The standard InChI is InChI=1S/C36H46F2N7O/c1-23(46)43-15-11-32-31(20-43)35(41-45(32)28-7-5-24(6-8-28)25-9-12-36(13-10-25)21-39-22-36)44-14-3-4-26-16-29(27-18-40-42(2)19-27)30(34(37)38)17-33(26)44/h16-19,24-25,34,39H,3-15,20-22H2,1-2H3/q+1. The number of carbonyl (C=O) groups is 1. The van der Waals surface area contributed by atoms with E-state index in [0.717, 1.165) is 66.6 Å². The lowest BCUT2D eigenvalue weighted by molar-refractivity contribution is -0.484. The van der Waals surface area contributed by atoms with Gasteiger partial charge in [-0.05, 0) is 91.9 Å². The predicted molar refractivity (Wildman–Crippen MR) is 175 cm³/mol. The van der Waals surface area contributed by atoms with E-state index in [2.05, 4.69) is 20.0 Å². The fourth-order valence-electron chi connectivity index (χ4n) is 9.22. The molecular weight excluding hydrogens is 584 g/mol. The average Bonchev–Trinajstić information content (AvgIpc) is 3.66. The number of fused-ring (bicyclic) bond motifs is 1. The van der Waals surface area contributed by atoms with Gasteiger partial charge in [0, 0.05) is 81.1 Å². The Hall–Kier alpha value is -3.40. The van der Waals surface area contributed by atoms with Crippen molar-refractivity contribution in [2.45, 2.75) is 84.0 Å². The molecule has 46 heavy (non-hydrogen) atoms. The van der Waals surface area contributed by atoms with E-state index in [-0.39, 0.29) is 11.5 Å². The summed E-state index contributed by atoms with van der Waals surface area (Å²) < 4.78 is 33.1. The molecule has 2 saturated carbocycles. The average molecular weight is 631 g/mol. The number of rotatable bonds is 3. The van der Waals surface area contributed by atoms with Crippen molar-refractivity contribution in [1.29, 1.82) is 0 Å². The Morgan fingerprint density at radius 2 is 1.80 bits per heavy atom. The number of carbonyl (C=O) groups excluding carboxylic acids is 1. The van der Waals surface area contributed by atoms with Gasteiger partial charge in [-0.3, -0.25) is 9.48 Å². The second-order valence-electron chi connectivity index (χ2n) is 14.7. The summed E-state index contributed by atoms with van der Waals surface area (Å²) in [5, 5.41) is 13.1. The SMILES string of the molecule is CC(=O)N1CCC2=C(C1)C(N1CCCc3cc(-c4cnn(C)c4)c(C(F)F)cc31)=N[N+]2=C1CCC(C2CCC3(CC2)CNC3)CC1. The summed E-state index contributed by atoms with van der Waals surface area (Å²) in [5.41, 5.74) is 7.39. The number of anilines is 1. The van der Waals surface area contributed by atoms with Crippen molar-refractivity contribution in [3.63, 3.8) is 0 Å². The zero-order chi connectivity index (χ0) is 31.6. The summed E-state index contributed by atoms with van der Waals surface area (Å²) in [4.78, 5) is 16.6. The zero-order valence-electron chi connectivity index (χ0n) is 27.2. The first-order valence-electron chi connectivity index (χ1n) is 17.4. The summed E-state index contributed by atoms with van der Waals surface area (Å²) in [6.45, 7) is 5.96. The van der Waals surface area contributed by atoms with Crippen molar-refractivity contribution in [1.82, 2.24) is 20.0 Å².